The lowest BCUT2D eigenvalue weighted by molar-refractivity contribution is -0.0297. The Balaban J connectivity index is 1.70. The summed E-state index contributed by atoms with van der Waals surface area (Å²) in [6, 6.07) is -0.556. The Bertz CT molecular complexity index is 920. The van der Waals surface area contributed by atoms with Gasteiger partial charge in [-0.2, -0.15) is 0 Å². The molecule has 6 N–H and O–H groups in total. The molecule has 0 bridgehead atoms. The molecule has 2 aromatic rings. The monoisotopic (exact) mass is 403 g/mol. The lowest BCUT2D eigenvalue weighted by Crippen LogP contribution is -2.35. The summed E-state index contributed by atoms with van der Waals surface area (Å²) in [4.78, 5) is 30.6. The minimum atomic E-state index is -4.67. The Kier molecular flexibility index (Phi) is 4.08. The van der Waals surface area contributed by atoms with Crippen molar-refractivity contribution in [3.63, 3.8) is 0 Å². The fraction of sp³-hybridized carbons (Fsp3) is 0.615. The van der Waals surface area contributed by atoms with Crippen LogP contribution in [0.3, 0.4) is 0 Å². The Hall–Kier alpha value is -1.27. The number of aliphatic hydroxyl groups is 2. The molecule has 4 rings (SSSR count). The first-order chi connectivity index (χ1) is 12.2. The van der Waals surface area contributed by atoms with Crippen molar-refractivity contribution >= 4 is 36.6 Å². The summed E-state index contributed by atoms with van der Waals surface area (Å²) in [5, 5.41) is 21.5. The molecule has 0 spiro atoms. The van der Waals surface area contributed by atoms with Gasteiger partial charge in [0.15, 0.2) is 16.6 Å². The van der Waals surface area contributed by atoms with Gasteiger partial charge in [-0.15, -0.1) is 0 Å². The number of fused-ring (bicyclic) bond motifs is 2. The van der Waals surface area contributed by atoms with Crippen LogP contribution in [0.15, 0.2) is 11.5 Å². The fourth-order valence-electron chi connectivity index (χ4n) is 3.96. The van der Waals surface area contributed by atoms with E-state index in [2.05, 4.69) is 19.5 Å². The third-order valence-corrected chi connectivity index (χ3v) is 6.30. The number of nitrogen functional groups attached to an aromatic ring is 1. The van der Waals surface area contributed by atoms with Gasteiger partial charge in [0.25, 0.3) is 0 Å². The van der Waals surface area contributed by atoms with Crippen LogP contribution in [0.1, 0.15) is 12.5 Å². The van der Waals surface area contributed by atoms with Crippen LogP contribution in [0, 0.1) is 11.3 Å². The van der Waals surface area contributed by atoms with Gasteiger partial charge >= 0.3 is 7.82 Å². The Labute approximate surface area is 151 Å². The first-order valence-electron chi connectivity index (χ1n) is 7.78. The summed E-state index contributed by atoms with van der Waals surface area (Å²) in [5.41, 5.74) is 5.85. The number of nitrogens with zero attached hydrogens (tertiary/aromatic N) is 4. The van der Waals surface area contributed by atoms with E-state index in [0.717, 1.165) is 0 Å². The lowest BCUT2D eigenvalue weighted by Gasteiger charge is -2.24. The average molecular weight is 403 g/mol. The van der Waals surface area contributed by atoms with Crippen molar-refractivity contribution in [2.24, 2.45) is 11.3 Å². The van der Waals surface area contributed by atoms with Crippen LogP contribution in [0.25, 0.3) is 11.2 Å². The van der Waals surface area contributed by atoms with Gasteiger partial charge in [-0.1, -0.05) is 11.8 Å². The second-order valence-electron chi connectivity index (χ2n) is 6.65. The molecule has 2 aliphatic carbocycles. The van der Waals surface area contributed by atoms with Gasteiger partial charge in [0.1, 0.15) is 11.6 Å². The molecule has 2 aliphatic rings. The quantitative estimate of drug-likeness (QED) is 0.247. The van der Waals surface area contributed by atoms with Gasteiger partial charge in [-0.05, 0) is 18.6 Å². The molecule has 0 saturated heterocycles. The zero-order chi connectivity index (χ0) is 18.9. The molecule has 13 heteroatoms. The zero-order valence-electron chi connectivity index (χ0n) is 13.6. The standard InChI is InChI=1S/C13H18N5O6PS/c1-26-12-16-10(14)6-11(17-12)18(4-15-6)7-5-2-13(5,9(20)8(7)19)3-24-25(21,22)23/h4-5,7-9,19-20H,2-3H2,1H3,(H2,14,16,17)(H2,21,22,23)/t5-,7-,8+,9+,13-/m1/s1. The predicted octanol–water partition coefficient (Wildman–Crippen LogP) is -0.477. The number of nitrogens with two attached hydrogens (primary N) is 1. The molecule has 2 heterocycles. The van der Waals surface area contributed by atoms with Crippen molar-refractivity contribution in [2.45, 2.75) is 29.8 Å². The van der Waals surface area contributed by atoms with E-state index < -0.39 is 31.5 Å². The number of phosphoric acid groups is 1. The SMILES string of the molecule is CSc1nc(N)c2ncn([C@H]3[C@H](O)[C@H](O)[C@@]4(COP(=O)(O)O)C[C@H]34)c2n1. The van der Waals surface area contributed by atoms with Gasteiger partial charge in [0.05, 0.1) is 25.1 Å². The van der Waals surface area contributed by atoms with Crippen LogP contribution in [-0.2, 0) is 9.09 Å². The van der Waals surface area contributed by atoms with Crippen molar-refractivity contribution in [3.05, 3.63) is 6.33 Å². The normalized spacial score (nSPS) is 33.6. The van der Waals surface area contributed by atoms with Crippen LogP contribution >= 0.6 is 19.6 Å². The molecular formula is C13H18N5O6PS. The number of hydrogen-bond acceptors (Lipinski definition) is 9. The number of aliphatic hydroxyl groups excluding tert-OH is 2. The largest absolute Gasteiger partial charge is 0.469 e. The summed E-state index contributed by atoms with van der Waals surface area (Å²) in [6.45, 7) is -0.337. The van der Waals surface area contributed by atoms with E-state index in [4.69, 9.17) is 15.5 Å². The third kappa shape index (κ3) is 2.64. The van der Waals surface area contributed by atoms with Gasteiger partial charge in [-0.25, -0.2) is 19.5 Å². The maximum absolute atomic E-state index is 11.0. The maximum Gasteiger partial charge on any atom is 0.469 e. The third-order valence-electron chi connectivity index (χ3n) is 5.29. The minimum Gasteiger partial charge on any atom is -0.390 e. The number of aromatic nitrogens is 4. The van der Waals surface area contributed by atoms with Crippen LogP contribution in [0.2, 0.25) is 0 Å². The van der Waals surface area contributed by atoms with Crippen LogP contribution in [0.4, 0.5) is 5.82 Å². The number of phosphoric ester groups is 1. The summed E-state index contributed by atoms with van der Waals surface area (Å²) in [5.74, 6) is -0.0107. The highest BCUT2D eigenvalue weighted by atomic mass is 32.2. The Morgan fingerprint density at radius 1 is 1.46 bits per heavy atom. The highest BCUT2D eigenvalue weighted by molar-refractivity contribution is 7.98. The summed E-state index contributed by atoms with van der Waals surface area (Å²) in [7, 11) is -4.67. The minimum absolute atomic E-state index is 0.220. The second kappa shape index (κ2) is 5.86. The fourth-order valence-corrected chi connectivity index (χ4v) is 4.73. The molecule has 5 atom stereocenters. The molecule has 2 saturated carbocycles. The molecule has 0 unspecified atom stereocenters. The van der Waals surface area contributed by atoms with Crippen molar-refractivity contribution in [1.82, 2.24) is 19.5 Å². The van der Waals surface area contributed by atoms with E-state index in [9.17, 15) is 14.8 Å². The molecule has 0 radical (unpaired) electrons. The van der Waals surface area contributed by atoms with Crippen LogP contribution in [-0.4, -0.2) is 64.6 Å². The molecule has 0 aromatic carbocycles. The number of hydrogen-bond donors (Lipinski definition) is 5. The Morgan fingerprint density at radius 3 is 2.85 bits per heavy atom. The molecular weight excluding hydrogens is 385 g/mol. The molecule has 11 nitrogen and oxygen atoms in total. The predicted molar refractivity (Wildman–Crippen MR) is 91.1 cm³/mol. The van der Waals surface area contributed by atoms with Crippen LogP contribution < -0.4 is 5.73 Å². The molecule has 0 aliphatic heterocycles. The first-order valence-corrected chi connectivity index (χ1v) is 10.5. The van der Waals surface area contributed by atoms with Gasteiger partial charge < -0.3 is 30.3 Å². The van der Waals surface area contributed by atoms with Crippen molar-refractivity contribution < 1.29 is 29.1 Å². The molecule has 0 amide bonds. The van der Waals surface area contributed by atoms with Crippen LogP contribution in [0.5, 0.6) is 0 Å². The first kappa shape index (κ1) is 18.1. The van der Waals surface area contributed by atoms with E-state index in [-0.39, 0.29) is 18.3 Å². The van der Waals surface area contributed by atoms with Gasteiger partial charge in [0.2, 0.25) is 0 Å². The molecule has 142 valence electrons. The molecule has 2 aromatic heterocycles. The van der Waals surface area contributed by atoms with Gasteiger partial charge in [0, 0.05) is 5.41 Å². The smallest absolute Gasteiger partial charge is 0.390 e. The van der Waals surface area contributed by atoms with E-state index >= 15 is 0 Å². The zero-order valence-corrected chi connectivity index (χ0v) is 15.3. The van der Waals surface area contributed by atoms with Crippen molar-refractivity contribution in [3.8, 4) is 0 Å². The summed E-state index contributed by atoms with van der Waals surface area (Å²) < 4.78 is 17.3. The second-order valence-corrected chi connectivity index (χ2v) is 8.67. The number of thioether (sulfide) groups is 1. The summed E-state index contributed by atoms with van der Waals surface area (Å²) >= 11 is 1.31. The highest BCUT2D eigenvalue weighted by Gasteiger charge is 2.72. The highest BCUT2D eigenvalue weighted by Crippen LogP contribution is 2.68. The van der Waals surface area contributed by atoms with E-state index in [1.54, 1.807) is 10.8 Å². The molecule has 2 fully saturated rings. The van der Waals surface area contributed by atoms with Crippen molar-refractivity contribution in [1.29, 1.82) is 0 Å². The van der Waals surface area contributed by atoms with E-state index in [1.165, 1.54) is 18.1 Å². The molecule has 26 heavy (non-hydrogen) atoms. The average Bonchev–Trinajstić information content (AvgIpc) is 3.08. The Morgan fingerprint density at radius 2 is 2.19 bits per heavy atom. The van der Waals surface area contributed by atoms with E-state index in [1.807, 2.05) is 0 Å². The number of imidazole rings is 1. The van der Waals surface area contributed by atoms with E-state index in [0.29, 0.717) is 22.7 Å². The van der Waals surface area contributed by atoms with Crippen molar-refractivity contribution in [2.75, 3.05) is 18.6 Å². The number of rotatable bonds is 5. The number of anilines is 1. The lowest BCUT2D eigenvalue weighted by atomic mass is 10.0. The maximum atomic E-state index is 11.0. The van der Waals surface area contributed by atoms with Gasteiger partial charge in [-0.3, -0.25) is 4.52 Å². The summed E-state index contributed by atoms with van der Waals surface area (Å²) in [6.07, 6.45) is 1.42. The topological polar surface area (TPSA) is 177 Å².